The van der Waals surface area contributed by atoms with Crippen molar-refractivity contribution >= 4 is 46.4 Å². The van der Waals surface area contributed by atoms with Crippen molar-refractivity contribution in [2.45, 2.75) is 18.3 Å². The van der Waals surface area contributed by atoms with Crippen LogP contribution < -0.4 is 10.1 Å². The minimum Gasteiger partial charge on any atom is -0.490 e. The molecule has 0 aromatic heterocycles. The molecule has 0 aliphatic carbocycles. The zero-order chi connectivity index (χ0) is 20.9. The second-order valence-corrected chi connectivity index (χ2v) is 8.01. The van der Waals surface area contributed by atoms with Gasteiger partial charge in [-0.15, -0.1) is 0 Å². The fourth-order valence-electron chi connectivity index (χ4n) is 3.40. The first-order chi connectivity index (χ1) is 14.0. The third kappa shape index (κ3) is 5.16. The average molecular weight is 459 g/mol. The number of hydrogen-bond acceptors (Lipinski definition) is 4. The Hall–Kier alpha value is -1.50. The molecule has 0 saturated carbocycles. The number of carbonyl (C=O) groups excluding carboxylic acids is 1. The van der Waals surface area contributed by atoms with Gasteiger partial charge in [0, 0.05) is 36.1 Å². The van der Waals surface area contributed by atoms with E-state index >= 15 is 0 Å². The molecule has 156 valence electrons. The highest BCUT2D eigenvalue weighted by Gasteiger charge is 2.43. The molecule has 2 aromatic carbocycles. The van der Waals surface area contributed by atoms with Crippen LogP contribution in [-0.2, 0) is 19.7 Å². The number of nitrogens with one attached hydrogen (secondary N) is 1. The highest BCUT2D eigenvalue weighted by atomic mass is 35.5. The van der Waals surface area contributed by atoms with E-state index in [0.29, 0.717) is 65.8 Å². The topological polar surface area (TPSA) is 56.8 Å². The van der Waals surface area contributed by atoms with Crippen LogP contribution >= 0.6 is 34.8 Å². The minimum absolute atomic E-state index is 0.158. The first kappa shape index (κ1) is 22.2. The van der Waals surface area contributed by atoms with Gasteiger partial charge in [-0.05, 0) is 48.7 Å². The molecule has 3 rings (SSSR count). The monoisotopic (exact) mass is 457 g/mol. The van der Waals surface area contributed by atoms with Gasteiger partial charge in [0.1, 0.15) is 12.4 Å². The van der Waals surface area contributed by atoms with Crippen LogP contribution in [0.4, 0.5) is 5.69 Å². The van der Waals surface area contributed by atoms with E-state index in [9.17, 15) is 4.79 Å². The van der Waals surface area contributed by atoms with Gasteiger partial charge in [0.05, 0.1) is 17.0 Å². The Balaban J connectivity index is 1.83. The molecule has 5 nitrogen and oxygen atoms in total. The van der Waals surface area contributed by atoms with E-state index in [1.165, 1.54) is 0 Å². The molecule has 0 radical (unpaired) electrons. The maximum Gasteiger partial charge on any atom is 0.235 e. The van der Waals surface area contributed by atoms with Crippen molar-refractivity contribution in [1.29, 1.82) is 0 Å². The third-order valence-corrected chi connectivity index (χ3v) is 5.81. The van der Waals surface area contributed by atoms with Crippen LogP contribution in [0.3, 0.4) is 0 Å². The Labute approximate surface area is 185 Å². The Morgan fingerprint density at radius 2 is 1.83 bits per heavy atom. The zero-order valence-electron chi connectivity index (χ0n) is 16.0. The van der Waals surface area contributed by atoms with Gasteiger partial charge in [0.15, 0.2) is 0 Å². The summed E-state index contributed by atoms with van der Waals surface area (Å²) in [5, 5.41) is 4.38. The van der Waals surface area contributed by atoms with Crippen molar-refractivity contribution in [3.05, 3.63) is 57.0 Å². The second kappa shape index (κ2) is 10.0. The number of amides is 1. The maximum absolute atomic E-state index is 13.4. The first-order valence-electron chi connectivity index (χ1n) is 9.22. The Bertz CT molecular complexity index is 869. The number of halogens is 3. The van der Waals surface area contributed by atoms with Crippen LogP contribution in [0, 0.1) is 0 Å². The molecule has 29 heavy (non-hydrogen) atoms. The van der Waals surface area contributed by atoms with Gasteiger partial charge in [-0.2, -0.15) is 0 Å². The summed E-state index contributed by atoms with van der Waals surface area (Å²) in [7, 11) is 1.60. The number of carbonyl (C=O) groups is 1. The molecule has 0 atom stereocenters. The largest absolute Gasteiger partial charge is 0.490 e. The molecule has 2 aromatic rings. The van der Waals surface area contributed by atoms with E-state index < -0.39 is 5.41 Å². The highest BCUT2D eigenvalue weighted by Crippen LogP contribution is 2.41. The number of rotatable bonds is 7. The van der Waals surface area contributed by atoms with Crippen LogP contribution in [0.2, 0.25) is 15.1 Å². The summed E-state index contributed by atoms with van der Waals surface area (Å²) in [5.74, 6) is 0.373. The predicted octanol–water partition coefficient (Wildman–Crippen LogP) is 5.36. The number of methoxy groups -OCH3 is 1. The fourth-order valence-corrected chi connectivity index (χ4v) is 4.22. The molecule has 1 amide bonds. The Kier molecular flexibility index (Phi) is 7.66. The molecule has 0 spiro atoms. The summed E-state index contributed by atoms with van der Waals surface area (Å²) in [4.78, 5) is 13.4. The standard InChI is InChI=1S/C21H22Cl3NO4/c1-27-10-11-29-19-5-3-15(13-18(19)24)25-20(26)21(6-8-28-9-7-21)16-4-2-14(22)12-17(16)23/h2-5,12-13H,6-11H2,1H3,(H,25,26). The second-order valence-electron chi connectivity index (χ2n) is 6.76. The van der Waals surface area contributed by atoms with Crippen LogP contribution in [0.1, 0.15) is 18.4 Å². The molecular weight excluding hydrogens is 437 g/mol. The van der Waals surface area contributed by atoms with E-state index in [-0.39, 0.29) is 5.91 Å². The van der Waals surface area contributed by atoms with Gasteiger partial charge in [0.2, 0.25) is 5.91 Å². The number of hydrogen-bond donors (Lipinski definition) is 1. The van der Waals surface area contributed by atoms with E-state index in [0.717, 1.165) is 5.56 Å². The van der Waals surface area contributed by atoms with Gasteiger partial charge >= 0.3 is 0 Å². The lowest BCUT2D eigenvalue weighted by Crippen LogP contribution is -2.45. The van der Waals surface area contributed by atoms with Gasteiger partial charge in [-0.3, -0.25) is 4.79 Å². The van der Waals surface area contributed by atoms with Gasteiger partial charge in [-0.1, -0.05) is 40.9 Å². The summed E-state index contributed by atoms with van der Waals surface area (Å²) in [6.45, 7) is 1.79. The molecular formula is C21H22Cl3NO4. The van der Waals surface area contributed by atoms with Gasteiger partial charge in [0.25, 0.3) is 0 Å². The third-order valence-electron chi connectivity index (χ3n) is 4.96. The molecule has 1 aliphatic rings. The molecule has 1 saturated heterocycles. The molecule has 0 unspecified atom stereocenters. The Morgan fingerprint density at radius 3 is 2.48 bits per heavy atom. The molecule has 1 aliphatic heterocycles. The molecule has 1 heterocycles. The van der Waals surface area contributed by atoms with Gasteiger partial charge < -0.3 is 19.5 Å². The lowest BCUT2D eigenvalue weighted by atomic mass is 9.73. The number of benzene rings is 2. The molecule has 1 fully saturated rings. The number of ether oxygens (including phenoxy) is 3. The highest BCUT2D eigenvalue weighted by molar-refractivity contribution is 6.35. The maximum atomic E-state index is 13.4. The SMILES string of the molecule is COCCOc1ccc(NC(=O)C2(c3ccc(Cl)cc3Cl)CCOCC2)cc1Cl. The van der Waals surface area contributed by atoms with Crippen molar-refractivity contribution in [3.63, 3.8) is 0 Å². The van der Waals surface area contributed by atoms with Crippen molar-refractivity contribution in [2.24, 2.45) is 0 Å². The van der Waals surface area contributed by atoms with E-state index in [4.69, 9.17) is 49.0 Å². The average Bonchev–Trinajstić information content (AvgIpc) is 2.70. The first-order valence-corrected chi connectivity index (χ1v) is 10.4. The smallest absolute Gasteiger partial charge is 0.235 e. The lowest BCUT2D eigenvalue weighted by Gasteiger charge is -2.36. The summed E-state index contributed by atoms with van der Waals surface area (Å²) >= 11 is 18.8. The van der Waals surface area contributed by atoms with Crippen LogP contribution in [0.25, 0.3) is 0 Å². The number of anilines is 1. The summed E-state index contributed by atoms with van der Waals surface area (Å²) < 4.78 is 16.0. The van der Waals surface area contributed by atoms with Crippen molar-refractivity contribution in [2.75, 3.05) is 38.9 Å². The van der Waals surface area contributed by atoms with E-state index in [1.54, 1.807) is 37.4 Å². The Morgan fingerprint density at radius 1 is 1.07 bits per heavy atom. The minimum atomic E-state index is -0.806. The summed E-state index contributed by atoms with van der Waals surface area (Å²) in [5.41, 5.74) is 0.519. The normalized spacial score (nSPS) is 15.7. The van der Waals surface area contributed by atoms with Crippen LogP contribution in [0.15, 0.2) is 36.4 Å². The molecule has 0 bridgehead atoms. The quantitative estimate of drug-likeness (QED) is 0.568. The van der Waals surface area contributed by atoms with Crippen molar-refractivity contribution in [3.8, 4) is 5.75 Å². The van der Waals surface area contributed by atoms with E-state index in [1.807, 2.05) is 6.07 Å². The molecule has 8 heteroatoms. The summed E-state index contributed by atoms with van der Waals surface area (Å²) in [6.07, 6.45) is 1.04. The lowest BCUT2D eigenvalue weighted by molar-refractivity contribution is -0.125. The van der Waals surface area contributed by atoms with Gasteiger partial charge in [-0.25, -0.2) is 0 Å². The van der Waals surface area contributed by atoms with Crippen molar-refractivity contribution < 1.29 is 19.0 Å². The zero-order valence-corrected chi connectivity index (χ0v) is 18.2. The van der Waals surface area contributed by atoms with Crippen LogP contribution in [-0.4, -0.2) is 39.4 Å². The van der Waals surface area contributed by atoms with E-state index in [2.05, 4.69) is 5.32 Å². The fraction of sp³-hybridized carbons (Fsp3) is 0.381. The summed E-state index contributed by atoms with van der Waals surface area (Å²) in [6, 6.07) is 10.4. The van der Waals surface area contributed by atoms with Crippen molar-refractivity contribution in [1.82, 2.24) is 0 Å². The van der Waals surface area contributed by atoms with Crippen LogP contribution in [0.5, 0.6) is 5.75 Å². The molecule has 1 N–H and O–H groups in total. The predicted molar refractivity (Wildman–Crippen MR) is 116 cm³/mol.